The van der Waals surface area contributed by atoms with Crippen molar-refractivity contribution in [3.8, 4) is 0 Å². The van der Waals surface area contributed by atoms with Gasteiger partial charge in [0.05, 0.1) is 0 Å². The summed E-state index contributed by atoms with van der Waals surface area (Å²) in [5.74, 6) is 0. The van der Waals surface area contributed by atoms with E-state index in [0.717, 1.165) is 0 Å². The first-order chi connectivity index (χ1) is 16.9. The van der Waals surface area contributed by atoms with Crippen LogP contribution in [-0.2, 0) is 0 Å². The molecule has 172 valence electrons. The average molecular weight is 1060 g/mol. The second kappa shape index (κ2) is 43.6. The number of hydrogen-bond acceptors (Lipinski definition) is 0. The van der Waals surface area contributed by atoms with Gasteiger partial charge in [-0.1, -0.05) is 8.93 Å². The molecule has 0 bridgehead atoms. The summed E-state index contributed by atoms with van der Waals surface area (Å²) in [6.07, 6.45) is 0. The molecular weight excluding hydrogens is 1050 g/mol. The zero-order valence-corrected chi connectivity index (χ0v) is 46.0. The van der Waals surface area contributed by atoms with Crippen molar-refractivity contribution in [1.82, 2.24) is 0 Å². The van der Waals surface area contributed by atoms with E-state index in [-0.39, 0.29) is 0 Å². The molecule has 0 spiro atoms. The summed E-state index contributed by atoms with van der Waals surface area (Å²) in [7, 11) is 55.9. The molecule has 0 aliphatic carbocycles. The van der Waals surface area contributed by atoms with E-state index in [1.165, 1.54) is 37.2 Å². The van der Waals surface area contributed by atoms with Crippen LogP contribution in [0.5, 0.6) is 0 Å². The zero-order chi connectivity index (χ0) is 24.6. The van der Waals surface area contributed by atoms with Gasteiger partial charge in [-0.15, -0.1) is 0 Å². The normalized spacial score (nSPS) is 14.9. The minimum Gasteiger partial charge on any atom is -0.0774 e. The summed E-state index contributed by atoms with van der Waals surface area (Å²) in [6, 6.07) is 0. The van der Waals surface area contributed by atoms with Crippen LogP contribution in [0.4, 0.5) is 0 Å². The SMILES string of the molecule is P#P=P\P=P/P=P\P=P/P=P\P=P/P=P\P=P/P=P\P=P/P=P\P=P/P=P\P=P/P=P\P=P/P. The topological polar surface area (TPSA) is 0 Å². The Bertz CT molecular complexity index is 1040. The molecule has 34 heteroatoms. The van der Waals surface area contributed by atoms with Gasteiger partial charge in [0, 0.05) is 75.6 Å². The summed E-state index contributed by atoms with van der Waals surface area (Å²) < 4.78 is 0. The van der Waals surface area contributed by atoms with Crippen molar-refractivity contribution in [3.63, 3.8) is 0 Å². The quantitative estimate of drug-likeness (QED) is 0.143. The summed E-state index contributed by atoms with van der Waals surface area (Å²) in [5.41, 5.74) is 0. The van der Waals surface area contributed by atoms with Crippen molar-refractivity contribution < 1.29 is 0 Å². The molecule has 0 radical (unpaired) electrons. The standard InChI is InChI=1S/H2P34/c1-3-5-7-9-11-13-15-17-19-21-23-25-27-29-31-33-34-32-30-28-26-24-22-20-18-16-14-12-10-8-6-4-2/h1H2. The Kier molecular flexibility index (Phi) is 57.2. The fraction of sp³-hybridized carbons (Fsp3) is 0. The van der Waals surface area contributed by atoms with Crippen LogP contribution >= 0.6 is 258 Å². The van der Waals surface area contributed by atoms with Crippen molar-refractivity contribution in [2.45, 2.75) is 0 Å². The maximum absolute atomic E-state index is 4.21. The van der Waals surface area contributed by atoms with Crippen LogP contribution in [0, 0.1) is 0 Å². The second-order valence-electron chi connectivity index (χ2n) is 2.89. The Labute approximate surface area is 255 Å². The van der Waals surface area contributed by atoms with E-state index in [1.807, 2.05) is 0 Å². The van der Waals surface area contributed by atoms with Crippen LogP contribution in [0.1, 0.15) is 0 Å². The van der Waals surface area contributed by atoms with E-state index < -0.39 is 0 Å². The summed E-state index contributed by atoms with van der Waals surface area (Å²) >= 11 is 0. The van der Waals surface area contributed by atoms with Gasteiger partial charge in [0.1, 0.15) is 0 Å². The third-order valence-electron chi connectivity index (χ3n) is 1.25. The molecule has 0 heterocycles. The van der Waals surface area contributed by atoms with Crippen molar-refractivity contribution in [2.24, 2.45) is 0 Å². The van der Waals surface area contributed by atoms with Gasteiger partial charge in [-0.05, 0) is 68.0 Å². The molecule has 0 amide bonds. The first-order valence-corrected chi connectivity index (χ1v) is 59.9. The molecule has 0 aromatic carbocycles. The van der Waals surface area contributed by atoms with Crippen LogP contribution in [0.15, 0.2) is 0 Å². The van der Waals surface area contributed by atoms with Gasteiger partial charge in [-0.25, -0.2) is 0 Å². The number of rotatable bonds is 15. The van der Waals surface area contributed by atoms with Crippen LogP contribution in [0.3, 0.4) is 0 Å². The van der Waals surface area contributed by atoms with Gasteiger partial charge in [0.25, 0.3) is 0 Å². The summed E-state index contributed by atoms with van der Waals surface area (Å²) in [4.78, 5) is 0. The van der Waals surface area contributed by atoms with E-state index >= 15 is 0 Å². The van der Waals surface area contributed by atoms with Crippen molar-refractivity contribution >= 4 is 258 Å². The van der Waals surface area contributed by atoms with Gasteiger partial charge in [-0.3, -0.25) is 0 Å². The van der Waals surface area contributed by atoms with Crippen LogP contribution < -0.4 is 0 Å². The Morgan fingerprint density at radius 3 is 0.529 bits per heavy atom. The van der Waals surface area contributed by atoms with Crippen LogP contribution in [-0.4, -0.2) is 0 Å². The van der Waals surface area contributed by atoms with Crippen molar-refractivity contribution in [1.29, 1.82) is 0 Å². The predicted molar refractivity (Wildman–Crippen MR) is 238 cm³/mol. The molecule has 0 aliphatic rings. The predicted octanol–water partition coefficient (Wildman–Crippen LogP) is 28.7. The molecular formula is H2P34. The molecule has 1 unspecified atom stereocenters. The van der Waals surface area contributed by atoms with Crippen LogP contribution in [0.25, 0.3) is 0 Å². The molecule has 0 saturated heterocycles. The Balaban J connectivity index is 4.00. The fourth-order valence-corrected chi connectivity index (χ4v) is 132. The smallest absolute Gasteiger partial charge is 0.0774 e. The number of hydrogen-bond donors (Lipinski definition) is 0. The van der Waals surface area contributed by atoms with E-state index in [0.29, 0.717) is 0 Å². The summed E-state index contributed by atoms with van der Waals surface area (Å²) in [6.45, 7) is 1.21. The monoisotopic (exact) mass is 1060 g/mol. The minimum absolute atomic E-state index is 1.21. The molecule has 0 nitrogen and oxygen atoms in total. The maximum atomic E-state index is 4.21. The zero-order valence-electron chi connectivity index (χ0n) is 15.3. The molecule has 0 fully saturated rings. The molecule has 0 N–H and O–H groups in total. The van der Waals surface area contributed by atoms with Crippen molar-refractivity contribution in [3.05, 3.63) is 0 Å². The van der Waals surface area contributed by atoms with E-state index in [4.69, 9.17) is 0 Å². The molecule has 0 rings (SSSR count). The molecule has 0 saturated carbocycles. The Morgan fingerprint density at radius 1 is 0.235 bits per heavy atom. The first-order valence-electron chi connectivity index (χ1n) is 6.66. The van der Waals surface area contributed by atoms with Gasteiger partial charge < -0.3 is 0 Å². The third-order valence-corrected chi connectivity index (χ3v) is 101. The van der Waals surface area contributed by atoms with Crippen LogP contribution in [0.2, 0.25) is 0 Å². The molecule has 0 aromatic rings. The Morgan fingerprint density at radius 2 is 0.382 bits per heavy atom. The second-order valence-corrected chi connectivity index (χ2v) is 78.0. The van der Waals surface area contributed by atoms with Gasteiger partial charge in [0.2, 0.25) is 0 Å². The molecule has 1 atom stereocenters. The van der Waals surface area contributed by atoms with E-state index in [9.17, 15) is 0 Å². The summed E-state index contributed by atoms with van der Waals surface area (Å²) in [5, 5.41) is 0. The molecule has 34 heavy (non-hydrogen) atoms. The fourth-order valence-electron chi connectivity index (χ4n) is 0.542. The molecule has 0 aliphatic heterocycles. The van der Waals surface area contributed by atoms with Gasteiger partial charge >= 0.3 is 106 Å². The van der Waals surface area contributed by atoms with Gasteiger partial charge in [-0.2, -0.15) is 0 Å². The Hall–Kier alpha value is 10.6. The van der Waals surface area contributed by atoms with E-state index in [1.54, 1.807) is 204 Å². The van der Waals surface area contributed by atoms with Crippen molar-refractivity contribution in [2.75, 3.05) is 0 Å². The minimum atomic E-state index is 1.21. The van der Waals surface area contributed by atoms with Gasteiger partial charge in [0.15, 0.2) is 0 Å². The average Bonchev–Trinajstić information content (AvgIpc) is 2.85. The van der Waals surface area contributed by atoms with E-state index in [2.05, 4.69) is 17.3 Å². The third kappa shape index (κ3) is 42.6. The first kappa shape index (κ1) is 44.6. The molecule has 0 aromatic heterocycles.